The third kappa shape index (κ3) is 8.20. The maximum Gasteiger partial charge on any atom is 0.262 e. The number of rotatable bonds is 10. The van der Waals surface area contributed by atoms with Gasteiger partial charge in [0, 0.05) is 23.8 Å². The fourth-order valence-corrected chi connectivity index (χ4v) is 8.89. The number of sulfonamides is 1. The predicted octanol–water partition coefficient (Wildman–Crippen LogP) is 5.30. The van der Waals surface area contributed by atoms with E-state index in [1.165, 1.54) is 15.6 Å². The molecule has 3 aromatic rings. The molecule has 3 heterocycles. The van der Waals surface area contributed by atoms with Gasteiger partial charge in [0.25, 0.3) is 5.91 Å². The van der Waals surface area contributed by atoms with Gasteiger partial charge in [-0.3, -0.25) is 9.59 Å². The van der Waals surface area contributed by atoms with Gasteiger partial charge >= 0.3 is 0 Å². The number of fused-ring (bicyclic) bond motifs is 1. The zero-order valence-electron chi connectivity index (χ0n) is 25.2. The number of nitrogens with zero attached hydrogens (tertiary/aromatic N) is 1. The van der Waals surface area contributed by atoms with E-state index in [-0.39, 0.29) is 41.3 Å². The molecule has 2 aliphatic rings. The van der Waals surface area contributed by atoms with Gasteiger partial charge < -0.3 is 20.7 Å². The van der Waals surface area contributed by atoms with Crippen LogP contribution in [0.1, 0.15) is 62.0 Å². The highest BCUT2D eigenvalue weighted by atomic mass is 79.9. The summed E-state index contributed by atoms with van der Waals surface area (Å²) >= 11 is 4.91. The fraction of sp³-hybridized carbons (Fsp3) is 0.500. The molecule has 238 valence electrons. The zero-order valence-corrected chi connectivity index (χ0v) is 28.4. The van der Waals surface area contributed by atoms with Crippen molar-refractivity contribution in [2.24, 2.45) is 5.92 Å². The molecule has 12 heteroatoms. The highest BCUT2D eigenvalue weighted by Gasteiger charge is 2.32. The van der Waals surface area contributed by atoms with Gasteiger partial charge in [-0.15, -0.1) is 11.3 Å². The summed E-state index contributed by atoms with van der Waals surface area (Å²) in [5.41, 5.74) is 0. The number of piperidine rings is 1. The largest absolute Gasteiger partial charge is 0.489 e. The van der Waals surface area contributed by atoms with Crippen molar-refractivity contribution in [1.82, 2.24) is 20.3 Å². The van der Waals surface area contributed by atoms with Gasteiger partial charge in [0.2, 0.25) is 15.9 Å². The van der Waals surface area contributed by atoms with Crippen molar-refractivity contribution in [2.45, 2.75) is 75.5 Å². The Morgan fingerprint density at radius 2 is 1.86 bits per heavy atom. The van der Waals surface area contributed by atoms with Crippen molar-refractivity contribution in [3.8, 4) is 5.75 Å². The van der Waals surface area contributed by atoms with Crippen LogP contribution in [-0.2, 0) is 14.8 Å². The first kappa shape index (κ1) is 32.9. The third-order valence-electron chi connectivity index (χ3n) is 8.08. The van der Waals surface area contributed by atoms with Crippen molar-refractivity contribution in [1.29, 1.82) is 0 Å². The highest BCUT2D eigenvalue weighted by Crippen LogP contribution is 2.32. The van der Waals surface area contributed by atoms with Crippen LogP contribution >= 0.6 is 27.3 Å². The summed E-state index contributed by atoms with van der Waals surface area (Å²) in [4.78, 5) is 27.5. The summed E-state index contributed by atoms with van der Waals surface area (Å²) in [5.74, 6) is 0.222. The lowest BCUT2D eigenvalue weighted by Crippen LogP contribution is -2.52. The van der Waals surface area contributed by atoms with E-state index in [1.54, 1.807) is 18.2 Å². The van der Waals surface area contributed by atoms with Crippen LogP contribution in [0.15, 0.2) is 57.9 Å². The molecular formula is C32H41BrN4O5S2. The molecule has 2 aromatic carbocycles. The monoisotopic (exact) mass is 704 g/mol. The Bertz CT molecular complexity index is 1540. The topological polar surface area (TPSA) is 117 Å². The van der Waals surface area contributed by atoms with Gasteiger partial charge in [0.05, 0.1) is 14.2 Å². The van der Waals surface area contributed by atoms with Crippen LogP contribution in [0.2, 0.25) is 0 Å². The van der Waals surface area contributed by atoms with Crippen molar-refractivity contribution in [3.63, 3.8) is 0 Å². The van der Waals surface area contributed by atoms with E-state index in [1.807, 2.05) is 44.2 Å². The predicted molar refractivity (Wildman–Crippen MR) is 178 cm³/mol. The van der Waals surface area contributed by atoms with Crippen molar-refractivity contribution >= 4 is 59.2 Å². The first-order chi connectivity index (χ1) is 21.1. The van der Waals surface area contributed by atoms with Crippen LogP contribution in [0.5, 0.6) is 5.75 Å². The van der Waals surface area contributed by atoms with Crippen molar-refractivity contribution in [3.05, 3.63) is 57.9 Å². The second-order valence-electron chi connectivity index (χ2n) is 12.0. The van der Waals surface area contributed by atoms with E-state index in [9.17, 15) is 18.0 Å². The van der Waals surface area contributed by atoms with Crippen molar-refractivity contribution < 1.29 is 22.7 Å². The number of ether oxygens (including phenoxy) is 1. The van der Waals surface area contributed by atoms with Crippen LogP contribution in [0.3, 0.4) is 0 Å². The number of carbonyl (C=O) groups excluding carboxylic acids is 2. The van der Waals surface area contributed by atoms with Crippen LogP contribution < -0.4 is 20.7 Å². The Hall–Kier alpha value is -2.51. The fourth-order valence-electron chi connectivity index (χ4n) is 5.75. The Labute approximate surface area is 272 Å². The van der Waals surface area contributed by atoms with Gasteiger partial charge in [-0.25, -0.2) is 8.42 Å². The molecule has 0 radical (unpaired) electrons. The van der Waals surface area contributed by atoms with Crippen LogP contribution in [0, 0.1) is 5.92 Å². The molecule has 2 amide bonds. The number of carbonyl (C=O) groups is 2. The molecule has 0 saturated carbocycles. The second-order valence-corrected chi connectivity index (χ2v) is 15.9. The Kier molecular flexibility index (Phi) is 11.0. The van der Waals surface area contributed by atoms with E-state index in [4.69, 9.17) is 4.74 Å². The van der Waals surface area contributed by atoms with Gasteiger partial charge in [-0.05, 0) is 103 Å². The van der Waals surface area contributed by atoms with Gasteiger partial charge in [0.1, 0.15) is 17.9 Å². The molecule has 2 saturated heterocycles. The van der Waals surface area contributed by atoms with E-state index in [0.717, 1.165) is 42.4 Å². The summed E-state index contributed by atoms with van der Waals surface area (Å²) in [6.07, 6.45) is 4.51. The minimum atomic E-state index is -3.82. The minimum absolute atomic E-state index is 0.0965. The van der Waals surface area contributed by atoms with Gasteiger partial charge in [-0.1, -0.05) is 38.5 Å². The van der Waals surface area contributed by atoms with Gasteiger partial charge in [-0.2, -0.15) is 4.31 Å². The molecule has 9 nitrogen and oxygen atoms in total. The Morgan fingerprint density at radius 3 is 2.59 bits per heavy atom. The van der Waals surface area contributed by atoms with Crippen LogP contribution in [0.25, 0.3) is 10.1 Å². The smallest absolute Gasteiger partial charge is 0.262 e. The quantitative estimate of drug-likeness (QED) is 0.264. The van der Waals surface area contributed by atoms with Gasteiger partial charge in [0.15, 0.2) is 0 Å². The first-order valence-corrected chi connectivity index (χ1v) is 18.4. The average Bonchev–Trinajstić information content (AvgIpc) is 3.30. The van der Waals surface area contributed by atoms with Crippen LogP contribution in [0.4, 0.5) is 0 Å². The molecular weight excluding hydrogens is 664 g/mol. The highest BCUT2D eigenvalue weighted by molar-refractivity contribution is 9.10. The molecule has 1 aromatic heterocycles. The number of benzene rings is 2. The lowest BCUT2D eigenvalue weighted by atomic mass is 10.0. The van der Waals surface area contributed by atoms with E-state index >= 15 is 0 Å². The Morgan fingerprint density at radius 1 is 1.09 bits per heavy atom. The number of hydrogen-bond donors (Lipinski definition) is 3. The molecule has 1 unspecified atom stereocenters. The van der Waals surface area contributed by atoms with Crippen molar-refractivity contribution in [2.75, 3.05) is 26.2 Å². The molecule has 2 fully saturated rings. The summed E-state index contributed by atoms with van der Waals surface area (Å²) in [6, 6.07) is 13.4. The normalized spacial score (nSPS) is 19.4. The second kappa shape index (κ2) is 14.7. The molecule has 0 bridgehead atoms. The maximum atomic E-state index is 13.8. The molecule has 3 N–H and O–H groups in total. The molecule has 2 aliphatic heterocycles. The van der Waals surface area contributed by atoms with E-state index < -0.39 is 16.1 Å². The van der Waals surface area contributed by atoms with E-state index in [2.05, 4.69) is 31.9 Å². The average molecular weight is 706 g/mol. The number of hydrogen-bond acceptors (Lipinski definition) is 7. The lowest BCUT2D eigenvalue weighted by Gasteiger charge is -2.27. The van der Waals surface area contributed by atoms with Crippen LogP contribution in [-0.4, -0.2) is 68.9 Å². The third-order valence-corrected chi connectivity index (χ3v) is 11.7. The zero-order chi connectivity index (χ0) is 31.3. The Balaban J connectivity index is 1.25. The minimum Gasteiger partial charge on any atom is -0.489 e. The maximum absolute atomic E-state index is 13.8. The molecule has 44 heavy (non-hydrogen) atoms. The summed E-state index contributed by atoms with van der Waals surface area (Å²) < 4.78 is 36.7. The first-order valence-electron chi connectivity index (χ1n) is 15.4. The summed E-state index contributed by atoms with van der Waals surface area (Å²) in [6.45, 7) is 6.35. The lowest BCUT2D eigenvalue weighted by molar-refractivity contribution is -0.124. The number of amides is 2. The molecule has 5 rings (SSSR count). The standard InChI is InChI=1S/C32H41BrN4O5S2/c1-21(2)17-27(36-32(39)30-18-22-7-3-4-9-29(22)43-30)31(38)35-23-8-5-6-16-37(20-23)44(40,41)25-10-11-28(26(33)19-25)42-24-12-14-34-15-13-24/h3-4,7,9-11,18-19,21,23-24,27,34H,5-6,8,12-17,20H2,1-2H3,(H,35,38)(H,36,39)/t23?,27-/m0/s1. The molecule has 0 aliphatic carbocycles. The molecule has 0 spiro atoms. The van der Waals surface area contributed by atoms with E-state index in [0.29, 0.717) is 40.9 Å². The number of halogens is 1. The summed E-state index contributed by atoms with van der Waals surface area (Å²) in [5, 5.41) is 10.3. The number of thiophene rings is 1. The number of nitrogens with one attached hydrogen (secondary N) is 3. The molecule has 2 atom stereocenters. The SMILES string of the molecule is CC(C)C[C@H](NC(=O)c1cc2ccccc2s1)C(=O)NC1CCCCN(S(=O)(=O)c2ccc(OC3CCNCC3)c(Br)c2)C1. The summed E-state index contributed by atoms with van der Waals surface area (Å²) in [7, 11) is -3.82.